The minimum Gasteiger partial charge on any atom is -0.352 e. The Hall–Kier alpha value is -1.40. The zero-order valence-corrected chi connectivity index (χ0v) is 18.0. The number of carbonyl (C=O) groups excluding carboxylic acids is 1. The van der Waals surface area contributed by atoms with Crippen molar-refractivity contribution < 1.29 is 13.2 Å². The number of sulfonamides is 1. The second kappa shape index (κ2) is 7.13. The third-order valence-corrected chi connectivity index (χ3v) is 9.09. The van der Waals surface area contributed by atoms with Gasteiger partial charge in [-0.25, -0.2) is 13.1 Å². The van der Waals surface area contributed by atoms with Crippen LogP contribution in [0.4, 0.5) is 0 Å². The molecule has 0 spiro atoms. The maximum Gasteiger partial charge on any atom is 0.251 e. The smallest absolute Gasteiger partial charge is 0.251 e. The molecular formula is C22H32N2O3S. The van der Waals surface area contributed by atoms with E-state index in [2.05, 4.69) is 10.0 Å². The van der Waals surface area contributed by atoms with Gasteiger partial charge in [0.15, 0.2) is 0 Å². The molecule has 4 aliphatic carbocycles. The number of hydrogen-bond acceptors (Lipinski definition) is 3. The molecule has 0 saturated heterocycles. The van der Waals surface area contributed by atoms with Gasteiger partial charge < -0.3 is 5.32 Å². The molecule has 4 fully saturated rings. The van der Waals surface area contributed by atoms with Crippen molar-refractivity contribution in [2.75, 3.05) is 13.6 Å². The van der Waals surface area contributed by atoms with E-state index >= 15 is 0 Å². The van der Waals surface area contributed by atoms with Crippen LogP contribution < -0.4 is 10.0 Å². The van der Waals surface area contributed by atoms with Crippen molar-refractivity contribution in [2.45, 2.75) is 63.7 Å². The molecule has 4 saturated carbocycles. The maximum absolute atomic E-state index is 12.7. The highest BCUT2D eigenvalue weighted by Crippen LogP contribution is 2.61. The molecule has 4 bridgehead atoms. The number of rotatable bonds is 6. The monoisotopic (exact) mass is 404 g/mol. The van der Waals surface area contributed by atoms with Gasteiger partial charge in [0.2, 0.25) is 10.0 Å². The van der Waals surface area contributed by atoms with Crippen molar-refractivity contribution in [1.29, 1.82) is 0 Å². The van der Waals surface area contributed by atoms with E-state index in [4.69, 9.17) is 0 Å². The van der Waals surface area contributed by atoms with Crippen molar-refractivity contribution in [2.24, 2.45) is 23.2 Å². The second-order valence-electron chi connectivity index (χ2n) is 9.55. The molecule has 154 valence electrons. The summed E-state index contributed by atoms with van der Waals surface area (Å²) in [4.78, 5) is 12.9. The van der Waals surface area contributed by atoms with E-state index in [1.165, 1.54) is 51.6 Å². The first-order valence-corrected chi connectivity index (χ1v) is 12.0. The Labute approximate surface area is 168 Å². The summed E-state index contributed by atoms with van der Waals surface area (Å²) < 4.78 is 26.9. The Bertz CT molecular complexity index is 856. The molecule has 0 aliphatic heterocycles. The molecule has 4 aliphatic rings. The lowest BCUT2D eigenvalue weighted by molar-refractivity contribution is -0.0564. The molecule has 0 aromatic heterocycles. The Morgan fingerprint density at radius 3 is 2.18 bits per heavy atom. The first-order chi connectivity index (χ1) is 13.2. The summed E-state index contributed by atoms with van der Waals surface area (Å²) in [6.45, 7) is 4.29. The maximum atomic E-state index is 12.7. The molecule has 6 heteroatoms. The zero-order valence-electron chi connectivity index (χ0n) is 17.2. The molecule has 1 aromatic rings. The van der Waals surface area contributed by atoms with Crippen molar-refractivity contribution in [3.05, 3.63) is 28.8 Å². The first kappa shape index (κ1) is 19.9. The summed E-state index contributed by atoms with van der Waals surface area (Å²) in [5, 5.41) is 3.06. The van der Waals surface area contributed by atoms with Crippen LogP contribution in [0.3, 0.4) is 0 Å². The third kappa shape index (κ3) is 3.61. The molecule has 5 rings (SSSR count). The predicted molar refractivity (Wildman–Crippen MR) is 110 cm³/mol. The number of aryl methyl sites for hydroxylation is 1. The van der Waals surface area contributed by atoms with Crippen LogP contribution in [0.25, 0.3) is 0 Å². The topological polar surface area (TPSA) is 75.3 Å². The van der Waals surface area contributed by atoms with Crippen molar-refractivity contribution in [3.63, 3.8) is 0 Å². The Balaban J connectivity index is 1.43. The van der Waals surface area contributed by atoms with Crippen molar-refractivity contribution in [1.82, 2.24) is 10.0 Å². The molecule has 0 unspecified atom stereocenters. The number of hydrogen-bond donors (Lipinski definition) is 2. The van der Waals surface area contributed by atoms with Gasteiger partial charge >= 0.3 is 0 Å². The van der Waals surface area contributed by atoms with E-state index < -0.39 is 10.0 Å². The molecule has 5 nitrogen and oxygen atoms in total. The minimum atomic E-state index is -3.59. The van der Waals surface area contributed by atoms with Crippen molar-refractivity contribution >= 4 is 15.9 Å². The largest absolute Gasteiger partial charge is 0.352 e. The van der Waals surface area contributed by atoms with Gasteiger partial charge in [0, 0.05) is 12.1 Å². The van der Waals surface area contributed by atoms with Gasteiger partial charge in [-0.1, -0.05) is 0 Å². The normalized spacial score (nSPS) is 31.2. The highest BCUT2D eigenvalue weighted by Gasteiger charge is 2.50. The number of amides is 1. The van der Waals surface area contributed by atoms with Crippen LogP contribution in [0.1, 0.15) is 66.4 Å². The van der Waals surface area contributed by atoms with Gasteiger partial charge in [-0.2, -0.15) is 0 Å². The number of benzene rings is 1. The molecular weight excluding hydrogens is 372 g/mol. The van der Waals surface area contributed by atoms with Crippen LogP contribution in [-0.4, -0.2) is 27.9 Å². The van der Waals surface area contributed by atoms with Crippen LogP contribution in [0.5, 0.6) is 0 Å². The SMILES string of the molecule is CNS(=O)(=O)c1cc(C(=O)NCCC23CC4CC(CC(C4)C2)C3)cc(C)c1C. The minimum absolute atomic E-state index is 0.180. The Morgan fingerprint density at radius 1 is 1.07 bits per heavy atom. The fourth-order valence-electron chi connectivity index (χ4n) is 6.49. The standard InChI is InChI=1S/C22H32N2O3S/c1-14-6-19(10-20(15(14)2)28(26,27)23-3)21(25)24-5-4-22-11-16-7-17(12-22)9-18(8-16)13-22/h6,10,16-18,23H,4-5,7-9,11-13H2,1-3H3,(H,24,25). The lowest BCUT2D eigenvalue weighted by Crippen LogP contribution is -2.47. The highest BCUT2D eigenvalue weighted by molar-refractivity contribution is 7.89. The molecule has 28 heavy (non-hydrogen) atoms. The molecule has 1 aromatic carbocycles. The summed E-state index contributed by atoms with van der Waals surface area (Å²) >= 11 is 0. The van der Waals surface area contributed by atoms with Crippen LogP contribution in [0, 0.1) is 37.0 Å². The molecule has 0 heterocycles. The average molecular weight is 405 g/mol. The van der Waals surface area contributed by atoms with E-state index in [0.29, 0.717) is 23.1 Å². The van der Waals surface area contributed by atoms with E-state index in [1.54, 1.807) is 13.0 Å². The first-order valence-electron chi connectivity index (χ1n) is 10.5. The number of carbonyl (C=O) groups is 1. The van der Waals surface area contributed by atoms with E-state index in [1.807, 2.05) is 6.92 Å². The summed E-state index contributed by atoms with van der Waals surface area (Å²) in [5.74, 6) is 2.56. The van der Waals surface area contributed by atoms with Crippen LogP contribution in [-0.2, 0) is 10.0 Å². The zero-order chi connectivity index (χ0) is 20.1. The molecule has 2 N–H and O–H groups in total. The Kier molecular flexibility index (Phi) is 5.07. The molecule has 0 radical (unpaired) electrons. The quantitative estimate of drug-likeness (QED) is 0.761. The van der Waals surface area contributed by atoms with E-state index in [-0.39, 0.29) is 10.8 Å². The van der Waals surface area contributed by atoms with Crippen LogP contribution in [0.2, 0.25) is 0 Å². The van der Waals surface area contributed by atoms with Gasteiger partial charge in [-0.15, -0.1) is 0 Å². The van der Waals surface area contributed by atoms with E-state index in [0.717, 1.165) is 29.7 Å². The Morgan fingerprint density at radius 2 is 1.64 bits per heavy atom. The van der Waals surface area contributed by atoms with Crippen molar-refractivity contribution in [3.8, 4) is 0 Å². The van der Waals surface area contributed by atoms with Gasteiger partial charge in [0.05, 0.1) is 4.90 Å². The summed E-state index contributed by atoms with van der Waals surface area (Å²) in [6, 6.07) is 3.28. The fourth-order valence-corrected chi connectivity index (χ4v) is 7.55. The molecule has 1 amide bonds. The summed E-state index contributed by atoms with van der Waals surface area (Å²) in [6.07, 6.45) is 9.34. The van der Waals surface area contributed by atoms with Gasteiger partial charge in [-0.3, -0.25) is 4.79 Å². The predicted octanol–water partition coefficient (Wildman–Crippen LogP) is 3.55. The average Bonchev–Trinajstić information content (AvgIpc) is 2.62. The lowest BCUT2D eigenvalue weighted by Gasteiger charge is -2.57. The van der Waals surface area contributed by atoms with Gasteiger partial charge in [0.1, 0.15) is 0 Å². The second-order valence-corrected chi connectivity index (χ2v) is 11.4. The summed E-state index contributed by atoms with van der Waals surface area (Å²) in [5.41, 5.74) is 2.34. The fraction of sp³-hybridized carbons (Fsp3) is 0.682. The van der Waals surface area contributed by atoms with Gasteiger partial charge in [0.25, 0.3) is 5.91 Å². The lowest BCUT2D eigenvalue weighted by atomic mass is 9.49. The van der Waals surface area contributed by atoms with Crippen LogP contribution >= 0.6 is 0 Å². The molecule has 0 atom stereocenters. The van der Waals surface area contributed by atoms with E-state index in [9.17, 15) is 13.2 Å². The highest BCUT2D eigenvalue weighted by atomic mass is 32.2. The summed E-state index contributed by atoms with van der Waals surface area (Å²) in [7, 11) is -2.20. The number of nitrogens with one attached hydrogen (secondary N) is 2. The van der Waals surface area contributed by atoms with Crippen LogP contribution in [0.15, 0.2) is 17.0 Å². The van der Waals surface area contributed by atoms with Gasteiger partial charge in [-0.05, 0) is 112 Å². The third-order valence-electron chi connectivity index (χ3n) is 7.55.